The van der Waals surface area contributed by atoms with Gasteiger partial charge in [-0.3, -0.25) is 0 Å². The van der Waals surface area contributed by atoms with Gasteiger partial charge in [0, 0.05) is 6.04 Å². The Hall–Kier alpha value is -0.820. The van der Waals surface area contributed by atoms with Gasteiger partial charge in [-0.25, -0.2) is 0 Å². The van der Waals surface area contributed by atoms with E-state index in [1.807, 2.05) is 0 Å². The second kappa shape index (κ2) is 6.38. The SMILES string of the molecule is CCCN(CCC)[C@@H]1CCc2ccc(C)cc2C1. The molecule has 1 atom stereocenters. The molecule has 1 aliphatic rings. The van der Waals surface area contributed by atoms with Crippen molar-refractivity contribution < 1.29 is 0 Å². The molecule has 0 N–H and O–H groups in total. The van der Waals surface area contributed by atoms with Crippen molar-refractivity contribution in [3.05, 3.63) is 34.9 Å². The van der Waals surface area contributed by atoms with E-state index in [0.29, 0.717) is 0 Å². The maximum atomic E-state index is 2.71. The predicted molar refractivity (Wildman–Crippen MR) is 79.1 cm³/mol. The molecule has 18 heavy (non-hydrogen) atoms. The summed E-state index contributed by atoms with van der Waals surface area (Å²) in [7, 11) is 0. The van der Waals surface area contributed by atoms with Gasteiger partial charge in [0.2, 0.25) is 0 Å². The van der Waals surface area contributed by atoms with Crippen LogP contribution < -0.4 is 0 Å². The number of nitrogens with zero attached hydrogens (tertiary/aromatic N) is 1. The van der Waals surface area contributed by atoms with Crippen LogP contribution in [0, 0.1) is 6.92 Å². The summed E-state index contributed by atoms with van der Waals surface area (Å²) in [6.07, 6.45) is 6.42. The minimum absolute atomic E-state index is 0.777. The number of rotatable bonds is 5. The zero-order valence-corrected chi connectivity index (χ0v) is 12.2. The molecule has 0 heterocycles. The first-order valence-electron chi connectivity index (χ1n) is 7.57. The van der Waals surface area contributed by atoms with Crippen molar-refractivity contribution in [3.8, 4) is 0 Å². The van der Waals surface area contributed by atoms with Crippen LogP contribution in [-0.4, -0.2) is 24.0 Å². The van der Waals surface area contributed by atoms with E-state index in [4.69, 9.17) is 0 Å². The van der Waals surface area contributed by atoms with Crippen LogP contribution in [0.15, 0.2) is 18.2 Å². The first kappa shape index (κ1) is 13.6. The van der Waals surface area contributed by atoms with Crippen LogP contribution in [0.2, 0.25) is 0 Å². The molecule has 1 aromatic rings. The van der Waals surface area contributed by atoms with Crippen LogP contribution in [0.3, 0.4) is 0 Å². The van der Waals surface area contributed by atoms with E-state index in [1.54, 1.807) is 11.1 Å². The lowest BCUT2D eigenvalue weighted by atomic mass is 9.86. The molecular formula is C17H27N. The number of hydrogen-bond acceptors (Lipinski definition) is 1. The molecular weight excluding hydrogens is 218 g/mol. The van der Waals surface area contributed by atoms with Crippen LogP contribution >= 0.6 is 0 Å². The van der Waals surface area contributed by atoms with Gasteiger partial charge < -0.3 is 4.90 Å². The van der Waals surface area contributed by atoms with Gasteiger partial charge in [-0.05, 0) is 63.2 Å². The molecule has 0 aliphatic heterocycles. The topological polar surface area (TPSA) is 3.24 Å². The van der Waals surface area contributed by atoms with Gasteiger partial charge in [0.15, 0.2) is 0 Å². The molecule has 1 nitrogen and oxygen atoms in total. The Morgan fingerprint density at radius 1 is 1.11 bits per heavy atom. The van der Waals surface area contributed by atoms with Gasteiger partial charge in [0.1, 0.15) is 0 Å². The third-order valence-electron chi connectivity index (χ3n) is 4.10. The Bertz CT molecular complexity index is 377. The molecule has 1 aliphatic carbocycles. The van der Waals surface area contributed by atoms with E-state index in [-0.39, 0.29) is 0 Å². The van der Waals surface area contributed by atoms with Crippen molar-refractivity contribution in [1.29, 1.82) is 0 Å². The highest BCUT2D eigenvalue weighted by Crippen LogP contribution is 2.25. The molecule has 0 radical (unpaired) electrons. The zero-order chi connectivity index (χ0) is 13.0. The zero-order valence-electron chi connectivity index (χ0n) is 12.2. The molecule has 0 bridgehead atoms. The summed E-state index contributed by atoms with van der Waals surface area (Å²) in [6, 6.07) is 7.77. The standard InChI is InChI=1S/C17H27N/c1-4-10-18(11-5-2)17-9-8-15-7-6-14(3)12-16(15)13-17/h6-7,12,17H,4-5,8-11,13H2,1-3H3/t17-/m1/s1. The summed E-state index contributed by atoms with van der Waals surface area (Å²) in [5, 5.41) is 0. The van der Waals surface area contributed by atoms with E-state index < -0.39 is 0 Å². The molecule has 0 aromatic heterocycles. The first-order valence-corrected chi connectivity index (χ1v) is 7.57. The maximum Gasteiger partial charge on any atom is 0.0139 e. The van der Waals surface area contributed by atoms with Crippen molar-refractivity contribution in [3.63, 3.8) is 0 Å². The number of fused-ring (bicyclic) bond motifs is 1. The lowest BCUT2D eigenvalue weighted by Crippen LogP contribution is -2.40. The first-order chi connectivity index (χ1) is 8.74. The fraction of sp³-hybridized carbons (Fsp3) is 0.647. The average Bonchev–Trinajstić information content (AvgIpc) is 2.37. The largest absolute Gasteiger partial charge is 0.300 e. The van der Waals surface area contributed by atoms with Gasteiger partial charge >= 0.3 is 0 Å². The monoisotopic (exact) mass is 245 g/mol. The summed E-state index contributed by atoms with van der Waals surface area (Å²) in [6.45, 7) is 9.33. The fourth-order valence-electron chi connectivity index (χ4n) is 3.23. The summed E-state index contributed by atoms with van der Waals surface area (Å²) in [5.41, 5.74) is 4.60. The lowest BCUT2D eigenvalue weighted by Gasteiger charge is -2.35. The molecule has 0 fully saturated rings. The Labute approximate surface area is 112 Å². The maximum absolute atomic E-state index is 2.71. The summed E-state index contributed by atoms with van der Waals surface area (Å²) < 4.78 is 0. The lowest BCUT2D eigenvalue weighted by molar-refractivity contribution is 0.180. The van der Waals surface area contributed by atoms with E-state index in [2.05, 4.69) is 43.9 Å². The number of benzene rings is 1. The van der Waals surface area contributed by atoms with Crippen molar-refractivity contribution in [2.75, 3.05) is 13.1 Å². The third-order valence-corrected chi connectivity index (χ3v) is 4.10. The minimum Gasteiger partial charge on any atom is -0.300 e. The molecule has 0 unspecified atom stereocenters. The van der Waals surface area contributed by atoms with Crippen LogP contribution in [0.4, 0.5) is 0 Å². The Balaban J connectivity index is 2.09. The van der Waals surface area contributed by atoms with E-state index in [9.17, 15) is 0 Å². The van der Waals surface area contributed by atoms with Gasteiger partial charge in [-0.15, -0.1) is 0 Å². The van der Waals surface area contributed by atoms with Crippen molar-refractivity contribution in [1.82, 2.24) is 4.90 Å². The smallest absolute Gasteiger partial charge is 0.0139 e. The molecule has 2 rings (SSSR count). The van der Waals surface area contributed by atoms with Crippen LogP contribution in [-0.2, 0) is 12.8 Å². The predicted octanol–water partition coefficient (Wildman–Crippen LogP) is 3.97. The molecule has 0 saturated heterocycles. The van der Waals surface area contributed by atoms with Crippen molar-refractivity contribution >= 4 is 0 Å². The highest BCUT2D eigenvalue weighted by atomic mass is 15.1. The van der Waals surface area contributed by atoms with E-state index in [0.717, 1.165) is 6.04 Å². The minimum atomic E-state index is 0.777. The van der Waals surface area contributed by atoms with Crippen molar-refractivity contribution in [2.45, 2.75) is 58.9 Å². The quantitative estimate of drug-likeness (QED) is 0.758. The van der Waals surface area contributed by atoms with Crippen LogP contribution in [0.5, 0.6) is 0 Å². The van der Waals surface area contributed by atoms with Gasteiger partial charge in [-0.2, -0.15) is 0 Å². The summed E-state index contributed by atoms with van der Waals surface area (Å²) >= 11 is 0. The molecule has 1 aromatic carbocycles. The average molecular weight is 245 g/mol. The fourth-order valence-corrected chi connectivity index (χ4v) is 3.23. The Morgan fingerprint density at radius 3 is 2.50 bits per heavy atom. The second-order valence-electron chi connectivity index (χ2n) is 5.70. The second-order valence-corrected chi connectivity index (χ2v) is 5.70. The molecule has 0 saturated carbocycles. The third kappa shape index (κ3) is 3.14. The Morgan fingerprint density at radius 2 is 1.83 bits per heavy atom. The molecule has 0 amide bonds. The Kier molecular flexibility index (Phi) is 4.82. The number of aryl methyl sites for hydroxylation is 2. The molecule has 100 valence electrons. The normalized spacial score (nSPS) is 19.0. The molecule has 1 heteroatoms. The van der Waals surface area contributed by atoms with Gasteiger partial charge in [-0.1, -0.05) is 37.6 Å². The van der Waals surface area contributed by atoms with Gasteiger partial charge in [0.25, 0.3) is 0 Å². The summed E-state index contributed by atoms with van der Waals surface area (Å²) in [4.78, 5) is 2.71. The summed E-state index contributed by atoms with van der Waals surface area (Å²) in [5.74, 6) is 0. The van der Waals surface area contributed by atoms with E-state index in [1.165, 1.54) is 50.8 Å². The van der Waals surface area contributed by atoms with Gasteiger partial charge in [0.05, 0.1) is 0 Å². The van der Waals surface area contributed by atoms with Crippen LogP contribution in [0.1, 0.15) is 49.8 Å². The van der Waals surface area contributed by atoms with E-state index >= 15 is 0 Å². The number of hydrogen-bond donors (Lipinski definition) is 0. The van der Waals surface area contributed by atoms with Crippen LogP contribution in [0.25, 0.3) is 0 Å². The molecule has 0 spiro atoms. The highest BCUT2D eigenvalue weighted by Gasteiger charge is 2.23. The van der Waals surface area contributed by atoms with Crippen molar-refractivity contribution in [2.24, 2.45) is 0 Å². The highest BCUT2D eigenvalue weighted by molar-refractivity contribution is 5.34.